The zero-order valence-corrected chi connectivity index (χ0v) is 22.2. The largest absolute Gasteiger partial charge is 0.416 e. The molecule has 6 rings (SSSR count). The number of ketones is 1. The van der Waals surface area contributed by atoms with Gasteiger partial charge in [-0.2, -0.15) is 22.6 Å². The van der Waals surface area contributed by atoms with Crippen LogP contribution in [0.4, 0.5) is 17.6 Å². The molecule has 2 aliphatic rings. The fourth-order valence-corrected chi connectivity index (χ4v) is 7.05. The van der Waals surface area contributed by atoms with E-state index in [0.717, 1.165) is 28.6 Å². The van der Waals surface area contributed by atoms with E-state index >= 15 is 0 Å². The van der Waals surface area contributed by atoms with E-state index in [0.29, 0.717) is 28.1 Å². The molecule has 1 atom stereocenters. The Morgan fingerprint density at radius 1 is 0.976 bits per heavy atom. The summed E-state index contributed by atoms with van der Waals surface area (Å²) in [4.78, 5) is 17.9. The third-order valence-electron chi connectivity index (χ3n) is 7.63. The second kappa shape index (κ2) is 9.74. The number of aromatic nitrogens is 3. The number of carbonyl (C=O) groups excluding carboxylic acids is 1. The number of hydrogen-bond acceptors (Lipinski definition) is 5. The Labute approximate surface area is 232 Å². The van der Waals surface area contributed by atoms with Gasteiger partial charge in [0.05, 0.1) is 33.5 Å². The van der Waals surface area contributed by atoms with Crippen LogP contribution in [0.25, 0.3) is 11.8 Å². The van der Waals surface area contributed by atoms with E-state index in [1.165, 1.54) is 24.5 Å². The average Bonchev–Trinajstić information content (AvgIpc) is 3.37. The second-order valence-electron chi connectivity index (χ2n) is 10.1. The summed E-state index contributed by atoms with van der Waals surface area (Å²) < 4.78 is 82.8. The van der Waals surface area contributed by atoms with Gasteiger partial charge < -0.3 is 0 Å². The van der Waals surface area contributed by atoms with Gasteiger partial charge in [-0.3, -0.25) is 9.78 Å². The molecule has 0 unspecified atom stereocenters. The zero-order chi connectivity index (χ0) is 29.0. The smallest absolute Gasteiger partial charge is 0.293 e. The van der Waals surface area contributed by atoms with Gasteiger partial charge >= 0.3 is 6.18 Å². The number of hydrogen-bond donors (Lipinski definition) is 0. The molecule has 4 aromatic rings. The van der Waals surface area contributed by atoms with Crippen molar-refractivity contribution in [2.45, 2.75) is 23.9 Å². The molecule has 41 heavy (non-hydrogen) atoms. The predicted octanol–water partition coefficient (Wildman–Crippen LogP) is 5.33. The van der Waals surface area contributed by atoms with Crippen LogP contribution in [0.1, 0.15) is 33.6 Å². The van der Waals surface area contributed by atoms with Crippen molar-refractivity contribution < 1.29 is 30.8 Å². The molecule has 0 bridgehead atoms. The first-order chi connectivity index (χ1) is 19.5. The summed E-state index contributed by atoms with van der Waals surface area (Å²) in [6.45, 7) is -0.186. The molecule has 1 saturated heterocycles. The molecule has 2 aromatic heterocycles. The molecule has 3 heterocycles. The lowest BCUT2D eigenvalue weighted by atomic mass is 9.65. The lowest BCUT2D eigenvalue weighted by Gasteiger charge is -2.45. The number of rotatable bonds is 5. The Morgan fingerprint density at radius 2 is 1.71 bits per heavy atom. The normalized spacial score (nSPS) is 19.3. The third kappa shape index (κ3) is 4.66. The van der Waals surface area contributed by atoms with E-state index < -0.39 is 33.0 Å². The molecule has 1 fully saturated rings. The first-order valence-corrected chi connectivity index (χ1v) is 14.1. The van der Waals surface area contributed by atoms with Crippen LogP contribution in [-0.4, -0.2) is 46.4 Å². The molecule has 1 aliphatic heterocycles. The molecule has 7 nitrogen and oxygen atoms in total. The summed E-state index contributed by atoms with van der Waals surface area (Å²) in [5.41, 5.74) is 0.802. The standard InChI is InChI=1S/C29H22F4N4O3S/c30-23-5-7-24(8-6-23)37-26-14-22-11-13-36(41(39,40)25-9-3-21(4-10-25)29(31,32)33)18-28(22,15-20(26)17-35-37)27(38)19-2-1-12-34-16-19/h1-10,12,14,16-17H,11,13,15,18H2/t28-/m0/s1. The van der Waals surface area contributed by atoms with E-state index in [-0.39, 0.29) is 36.6 Å². The highest BCUT2D eigenvalue weighted by atomic mass is 32.2. The molecule has 1 aliphatic carbocycles. The van der Waals surface area contributed by atoms with Crippen LogP contribution >= 0.6 is 0 Å². The highest BCUT2D eigenvalue weighted by Crippen LogP contribution is 2.47. The molecule has 210 valence electrons. The van der Waals surface area contributed by atoms with Gasteiger partial charge in [-0.25, -0.2) is 17.5 Å². The highest BCUT2D eigenvalue weighted by Gasteiger charge is 2.51. The van der Waals surface area contributed by atoms with Gasteiger partial charge in [0.25, 0.3) is 0 Å². The number of benzene rings is 2. The molecule has 0 amide bonds. The Bertz CT molecular complexity index is 1770. The van der Waals surface area contributed by atoms with Gasteiger partial charge in [-0.15, -0.1) is 0 Å². The van der Waals surface area contributed by atoms with Crippen LogP contribution in [0.5, 0.6) is 0 Å². The molecule has 2 aromatic carbocycles. The van der Waals surface area contributed by atoms with Crippen LogP contribution in [-0.2, 0) is 22.6 Å². The van der Waals surface area contributed by atoms with Gasteiger partial charge in [0.2, 0.25) is 10.0 Å². The van der Waals surface area contributed by atoms with Crippen molar-refractivity contribution in [2.75, 3.05) is 13.1 Å². The fourth-order valence-electron chi connectivity index (χ4n) is 5.55. The van der Waals surface area contributed by atoms with Crippen molar-refractivity contribution in [3.63, 3.8) is 0 Å². The van der Waals surface area contributed by atoms with Crippen LogP contribution in [0.2, 0.25) is 0 Å². The van der Waals surface area contributed by atoms with E-state index in [1.54, 1.807) is 35.1 Å². The van der Waals surface area contributed by atoms with Gasteiger partial charge in [0, 0.05) is 31.0 Å². The minimum absolute atomic E-state index is 0.0251. The van der Waals surface area contributed by atoms with Crippen LogP contribution < -0.4 is 0 Å². The summed E-state index contributed by atoms with van der Waals surface area (Å²) >= 11 is 0. The second-order valence-corrected chi connectivity index (χ2v) is 12.0. The van der Waals surface area contributed by atoms with Crippen LogP contribution in [0.15, 0.2) is 89.7 Å². The Morgan fingerprint density at radius 3 is 2.37 bits per heavy atom. The maximum atomic E-state index is 14.1. The fraction of sp³-hybridized carbons (Fsp3) is 0.207. The van der Waals surface area contributed by atoms with Crippen molar-refractivity contribution in [1.82, 2.24) is 19.1 Å². The van der Waals surface area contributed by atoms with E-state index in [1.807, 2.05) is 6.08 Å². The molecular weight excluding hydrogens is 560 g/mol. The maximum absolute atomic E-state index is 14.1. The number of nitrogens with zero attached hydrogens (tertiary/aromatic N) is 4. The number of piperidine rings is 1. The highest BCUT2D eigenvalue weighted by molar-refractivity contribution is 7.89. The Hall–Kier alpha value is -4.16. The molecule has 0 N–H and O–H groups in total. The van der Waals surface area contributed by atoms with Crippen molar-refractivity contribution in [3.05, 3.63) is 113 Å². The molecule has 0 saturated carbocycles. The predicted molar refractivity (Wildman–Crippen MR) is 141 cm³/mol. The van der Waals surface area contributed by atoms with Crippen molar-refractivity contribution in [2.24, 2.45) is 5.41 Å². The number of sulfonamides is 1. The first-order valence-electron chi connectivity index (χ1n) is 12.7. The number of pyridine rings is 1. The summed E-state index contributed by atoms with van der Waals surface area (Å²) in [6, 6.07) is 12.4. The number of halogens is 4. The summed E-state index contributed by atoms with van der Waals surface area (Å²) in [5.74, 6) is -0.708. The number of fused-ring (bicyclic) bond motifs is 2. The molecular formula is C29H22F4N4O3S. The quantitative estimate of drug-likeness (QED) is 0.235. The van der Waals surface area contributed by atoms with Gasteiger partial charge in [0.1, 0.15) is 5.82 Å². The van der Waals surface area contributed by atoms with Gasteiger partial charge in [-0.05, 0) is 85.1 Å². The van der Waals surface area contributed by atoms with Crippen LogP contribution in [0.3, 0.4) is 0 Å². The molecule has 0 radical (unpaired) electrons. The SMILES string of the molecule is O=C(c1cccnc1)[C@]12Cc3cnn(-c4ccc(F)cc4)c3C=C1CCN(S(=O)(=O)c1ccc(C(F)(F)F)cc1)C2. The minimum atomic E-state index is -4.61. The van der Waals surface area contributed by atoms with Crippen LogP contribution in [0, 0.1) is 11.2 Å². The van der Waals surface area contributed by atoms with E-state index in [9.17, 15) is 30.8 Å². The lowest BCUT2D eigenvalue weighted by Crippen LogP contribution is -2.53. The summed E-state index contributed by atoms with van der Waals surface area (Å²) in [5, 5.41) is 4.46. The van der Waals surface area contributed by atoms with Gasteiger partial charge in [0.15, 0.2) is 5.78 Å². The van der Waals surface area contributed by atoms with E-state index in [4.69, 9.17) is 0 Å². The molecule has 0 spiro atoms. The summed E-state index contributed by atoms with van der Waals surface area (Å²) in [7, 11) is -4.23. The Kier molecular flexibility index (Phi) is 6.42. The third-order valence-corrected chi connectivity index (χ3v) is 9.49. The summed E-state index contributed by atoms with van der Waals surface area (Å²) in [6.07, 6.45) is 2.14. The Balaban J connectivity index is 1.41. The zero-order valence-electron chi connectivity index (χ0n) is 21.3. The number of carbonyl (C=O) groups is 1. The molecule has 12 heteroatoms. The monoisotopic (exact) mass is 582 g/mol. The minimum Gasteiger partial charge on any atom is -0.293 e. The lowest BCUT2D eigenvalue weighted by molar-refractivity contribution is -0.137. The van der Waals surface area contributed by atoms with Crippen molar-refractivity contribution in [3.8, 4) is 5.69 Å². The van der Waals surface area contributed by atoms with Crippen molar-refractivity contribution in [1.29, 1.82) is 0 Å². The van der Waals surface area contributed by atoms with Crippen molar-refractivity contribution >= 4 is 21.9 Å². The van der Waals surface area contributed by atoms with E-state index in [2.05, 4.69) is 10.1 Å². The van der Waals surface area contributed by atoms with Gasteiger partial charge in [-0.1, -0.05) is 5.57 Å². The first kappa shape index (κ1) is 27.0. The number of Topliss-reactive ketones (excluding diaryl/α,β-unsaturated/α-hetero) is 1. The number of alkyl halides is 3. The average molecular weight is 583 g/mol. The topological polar surface area (TPSA) is 85.2 Å². The maximum Gasteiger partial charge on any atom is 0.416 e.